The number of benzene rings is 1. The van der Waals surface area contributed by atoms with Gasteiger partial charge in [-0.2, -0.15) is 0 Å². The second-order valence-electron chi connectivity index (χ2n) is 3.78. The van der Waals surface area contributed by atoms with Crippen LogP contribution in [0, 0.1) is 11.6 Å². The number of anilines is 1. The number of hydrogen-bond donors (Lipinski definition) is 1. The molecule has 1 aromatic heterocycles. The summed E-state index contributed by atoms with van der Waals surface area (Å²) in [4.78, 5) is 0. The van der Waals surface area contributed by atoms with Crippen LogP contribution in [-0.2, 0) is 6.42 Å². The van der Waals surface area contributed by atoms with Crippen molar-refractivity contribution in [3.63, 3.8) is 0 Å². The van der Waals surface area contributed by atoms with E-state index >= 15 is 0 Å². The predicted molar refractivity (Wildman–Crippen MR) is 60.3 cm³/mol. The Morgan fingerprint density at radius 2 is 1.88 bits per heavy atom. The van der Waals surface area contributed by atoms with E-state index in [1.807, 2.05) is 6.92 Å². The third kappa shape index (κ3) is 2.27. The summed E-state index contributed by atoms with van der Waals surface area (Å²) in [5.74, 6) is -0.705. The van der Waals surface area contributed by atoms with Gasteiger partial charge in [0.2, 0.25) is 0 Å². The molecule has 17 heavy (non-hydrogen) atoms. The molecule has 2 aromatic rings. The summed E-state index contributed by atoms with van der Waals surface area (Å²) in [6.45, 7) is 1.97. The van der Waals surface area contributed by atoms with E-state index in [0.717, 1.165) is 12.5 Å². The van der Waals surface area contributed by atoms with Gasteiger partial charge in [0.15, 0.2) is 11.6 Å². The van der Waals surface area contributed by atoms with Crippen molar-refractivity contribution in [3.8, 4) is 11.3 Å². The first-order chi connectivity index (χ1) is 8.11. The summed E-state index contributed by atoms with van der Waals surface area (Å²) in [5.41, 5.74) is 6.66. The van der Waals surface area contributed by atoms with Gasteiger partial charge in [-0.05, 0) is 18.6 Å². The van der Waals surface area contributed by atoms with Gasteiger partial charge in [0.1, 0.15) is 11.6 Å². The second kappa shape index (κ2) is 4.53. The minimum atomic E-state index is -0.655. The monoisotopic (exact) mass is 238 g/mol. The second-order valence-corrected chi connectivity index (χ2v) is 3.78. The largest absolute Gasteiger partial charge is 0.381 e. The minimum Gasteiger partial charge on any atom is -0.381 e. The number of aromatic nitrogens is 1. The molecule has 2 N–H and O–H groups in total. The Balaban J connectivity index is 2.52. The molecular formula is C12H12F2N2O. The number of nitrogen functional groups attached to an aromatic ring is 1. The van der Waals surface area contributed by atoms with Crippen molar-refractivity contribution in [2.45, 2.75) is 19.8 Å². The molecule has 0 spiro atoms. The molecule has 1 aromatic carbocycles. The van der Waals surface area contributed by atoms with Crippen molar-refractivity contribution >= 4 is 5.82 Å². The lowest BCUT2D eigenvalue weighted by Crippen LogP contribution is -1.93. The molecule has 0 aliphatic carbocycles. The lowest BCUT2D eigenvalue weighted by atomic mass is 10.0. The average Bonchev–Trinajstić information content (AvgIpc) is 2.60. The highest BCUT2D eigenvalue weighted by Gasteiger charge is 2.16. The molecular weight excluding hydrogens is 226 g/mol. The van der Waals surface area contributed by atoms with Crippen molar-refractivity contribution in [1.29, 1.82) is 0 Å². The maximum atomic E-state index is 13.1. The van der Waals surface area contributed by atoms with Crippen LogP contribution in [0.25, 0.3) is 11.3 Å². The lowest BCUT2D eigenvalue weighted by Gasteiger charge is -2.01. The van der Waals surface area contributed by atoms with Crippen LogP contribution >= 0.6 is 0 Å². The third-order valence-corrected chi connectivity index (χ3v) is 2.44. The van der Waals surface area contributed by atoms with E-state index in [-0.39, 0.29) is 5.82 Å². The van der Waals surface area contributed by atoms with Gasteiger partial charge in [0.05, 0.1) is 0 Å². The van der Waals surface area contributed by atoms with E-state index in [9.17, 15) is 8.78 Å². The fraction of sp³-hybridized carbons (Fsp3) is 0.250. The van der Waals surface area contributed by atoms with Gasteiger partial charge in [-0.15, -0.1) is 0 Å². The van der Waals surface area contributed by atoms with Crippen LogP contribution in [0.3, 0.4) is 0 Å². The van der Waals surface area contributed by atoms with Crippen LogP contribution < -0.4 is 5.73 Å². The van der Waals surface area contributed by atoms with Crippen LogP contribution in [0.4, 0.5) is 14.6 Å². The highest BCUT2D eigenvalue weighted by molar-refractivity contribution is 5.66. The standard InChI is InChI=1S/C12H12F2N2O/c1-2-3-10-11(17-16-12(10)15)7-4-8(13)6-9(14)5-7/h4-6H,2-3H2,1H3,(H2,15,16). The highest BCUT2D eigenvalue weighted by atomic mass is 19.1. The quantitative estimate of drug-likeness (QED) is 0.893. The molecule has 90 valence electrons. The zero-order valence-corrected chi connectivity index (χ0v) is 9.34. The van der Waals surface area contributed by atoms with E-state index in [0.29, 0.717) is 23.3 Å². The molecule has 1 heterocycles. The maximum absolute atomic E-state index is 13.1. The van der Waals surface area contributed by atoms with Gasteiger partial charge >= 0.3 is 0 Å². The molecule has 0 fully saturated rings. The average molecular weight is 238 g/mol. The van der Waals surface area contributed by atoms with E-state index in [1.54, 1.807) is 0 Å². The molecule has 2 rings (SSSR count). The molecule has 0 radical (unpaired) electrons. The van der Waals surface area contributed by atoms with Crippen molar-refractivity contribution < 1.29 is 13.3 Å². The Labute approximate surface area is 97.2 Å². The molecule has 0 bridgehead atoms. The molecule has 0 aliphatic rings. The van der Waals surface area contributed by atoms with E-state index < -0.39 is 11.6 Å². The SMILES string of the molecule is CCCc1c(N)noc1-c1cc(F)cc(F)c1. The van der Waals surface area contributed by atoms with Crippen molar-refractivity contribution in [2.75, 3.05) is 5.73 Å². The summed E-state index contributed by atoms with van der Waals surface area (Å²) in [6.07, 6.45) is 1.50. The Morgan fingerprint density at radius 3 is 2.47 bits per heavy atom. The molecule has 5 heteroatoms. The summed E-state index contributed by atoms with van der Waals surface area (Å²) < 4.78 is 31.2. The highest BCUT2D eigenvalue weighted by Crippen LogP contribution is 2.29. The Hall–Kier alpha value is -1.91. The lowest BCUT2D eigenvalue weighted by molar-refractivity contribution is 0.434. The number of nitrogens with two attached hydrogens (primary N) is 1. The number of rotatable bonds is 3. The van der Waals surface area contributed by atoms with E-state index in [1.165, 1.54) is 12.1 Å². The molecule has 0 saturated carbocycles. The first kappa shape index (κ1) is 11.6. The Bertz CT molecular complexity index is 517. The normalized spacial score (nSPS) is 10.8. The third-order valence-electron chi connectivity index (χ3n) is 2.44. The topological polar surface area (TPSA) is 52.0 Å². The first-order valence-corrected chi connectivity index (χ1v) is 5.32. The zero-order chi connectivity index (χ0) is 12.4. The summed E-state index contributed by atoms with van der Waals surface area (Å²) in [6, 6.07) is 3.20. The first-order valence-electron chi connectivity index (χ1n) is 5.32. The Kier molecular flexibility index (Phi) is 3.08. The molecule has 0 unspecified atom stereocenters. The van der Waals surface area contributed by atoms with Gasteiger partial charge in [-0.25, -0.2) is 8.78 Å². The van der Waals surface area contributed by atoms with Crippen LogP contribution in [-0.4, -0.2) is 5.16 Å². The predicted octanol–water partition coefficient (Wildman–Crippen LogP) is 3.15. The summed E-state index contributed by atoms with van der Waals surface area (Å²) in [7, 11) is 0. The smallest absolute Gasteiger partial charge is 0.172 e. The van der Waals surface area contributed by atoms with Gasteiger partial charge in [-0.1, -0.05) is 18.5 Å². The minimum absolute atomic E-state index is 0.270. The molecule has 0 aliphatic heterocycles. The molecule has 3 nitrogen and oxygen atoms in total. The van der Waals surface area contributed by atoms with E-state index in [4.69, 9.17) is 10.3 Å². The number of nitrogens with zero attached hydrogens (tertiary/aromatic N) is 1. The zero-order valence-electron chi connectivity index (χ0n) is 9.34. The number of hydrogen-bond acceptors (Lipinski definition) is 3. The number of halogens is 2. The maximum Gasteiger partial charge on any atom is 0.172 e. The summed E-state index contributed by atoms with van der Waals surface area (Å²) in [5, 5.41) is 3.63. The molecule has 0 amide bonds. The fourth-order valence-corrected chi connectivity index (χ4v) is 1.72. The molecule has 0 saturated heterocycles. The van der Waals surface area contributed by atoms with Crippen LogP contribution in [0.15, 0.2) is 22.7 Å². The summed E-state index contributed by atoms with van der Waals surface area (Å²) >= 11 is 0. The van der Waals surface area contributed by atoms with Crippen molar-refractivity contribution in [1.82, 2.24) is 5.16 Å². The van der Waals surface area contributed by atoms with Crippen molar-refractivity contribution in [3.05, 3.63) is 35.4 Å². The van der Waals surface area contributed by atoms with E-state index in [2.05, 4.69) is 5.16 Å². The van der Waals surface area contributed by atoms with Crippen LogP contribution in [0.1, 0.15) is 18.9 Å². The van der Waals surface area contributed by atoms with Gasteiger partial charge < -0.3 is 10.3 Å². The Morgan fingerprint density at radius 1 is 1.24 bits per heavy atom. The van der Waals surface area contributed by atoms with Gasteiger partial charge in [0.25, 0.3) is 0 Å². The van der Waals surface area contributed by atoms with Crippen LogP contribution in [0.5, 0.6) is 0 Å². The van der Waals surface area contributed by atoms with Crippen molar-refractivity contribution in [2.24, 2.45) is 0 Å². The molecule has 0 atom stereocenters. The van der Waals surface area contributed by atoms with Gasteiger partial charge in [0, 0.05) is 17.2 Å². The van der Waals surface area contributed by atoms with Crippen LogP contribution in [0.2, 0.25) is 0 Å². The fourth-order valence-electron chi connectivity index (χ4n) is 1.72. The van der Waals surface area contributed by atoms with Gasteiger partial charge in [-0.3, -0.25) is 0 Å².